The molecule has 0 radical (unpaired) electrons. The Morgan fingerprint density at radius 3 is 2.55 bits per heavy atom. The second-order valence-corrected chi connectivity index (χ2v) is 7.23. The molecule has 0 spiro atoms. The van der Waals surface area contributed by atoms with Crippen LogP contribution < -0.4 is 0 Å². The van der Waals surface area contributed by atoms with Crippen LogP contribution in [0, 0.1) is 5.82 Å². The number of thioether (sulfide) groups is 1. The van der Waals surface area contributed by atoms with Gasteiger partial charge in [-0.05, 0) is 55.8 Å². The fourth-order valence-electron chi connectivity index (χ4n) is 2.66. The fraction of sp³-hybridized carbons (Fsp3) is 0.353. The zero-order chi connectivity index (χ0) is 15.4. The largest absolute Gasteiger partial charge is 0.299 e. The number of halogens is 2. The lowest BCUT2D eigenvalue weighted by Crippen LogP contribution is -2.34. The summed E-state index contributed by atoms with van der Waals surface area (Å²) in [6.45, 7) is 3.03. The van der Waals surface area contributed by atoms with E-state index in [0.717, 1.165) is 37.5 Å². The van der Waals surface area contributed by atoms with Gasteiger partial charge in [0.15, 0.2) is 0 Å². The van der Waals surface area contributed by atoms with Crippen LogP contribution in [-0.2, 0) is 6.54 Å². The van der Waals surface area contributed by atoms with E-state index in [4.69, 9.17) is 11.6 Å². The molecule has 0 aliphatic carbocycles. The van der Waals surface area contributed by atoms with E-state index in [2.05, 4.69) is 9.88 Å². The lowest BCUT2D eigenvalue weighted by atomic mass is 10.1. The minimum absolute atomic E-state index is 0.173. The number of likely N-dealkylation sites (tertiary alicyclic amines) is 1. The molecule has 1 aromatic heterocycles. The van der Waals surface area contributed by atoms with Gasteiger partial charge < -0.3 is 0 Å². The maximum atomic E-state index is 12.9. The van der Waals surface area contributed by atoms with Crippen molar-refractivity contribution in [2.24, 2.45) is 0 Å². The van der Waals surface area contributed by atoms with Crippen molar-refractivity contribution in [1.29, 1.82) is 0 Å². The summed E-state index contributed by atoms with van der Waals surface area (Å²) in [5, 5.41) is 2.15. The number of hydrogen-bond donors (Lipinski definition) is 0. The van der Waals surface area contributed by atoms with Crippen molar-refractivity contribution in [3.63, 3.8) is 0 Å². The third-order valence-electron chi connectivity index (χ3n) is 3.83. The molecule has 0 amide bonds. The molecule has 1 aliphatic rings. The summed E-state index contributed by atoms with van der Waals surface area (Å²) in [6.07, 6.45) is 2.28. The summed E-state index contributed by atoms with van der Waals surface area (Å²) >= 11 is 7.74. The summed E-state index contributed by atoms with van der Waals surface area (Å²) in [5.74, 6) is -0.173. The van der Waals surface area contributed by atoms with Gasteiger partial charge in [0, 0.05) is 11.8 Å². The Labute approximate surface area is 139 Å². The topological polar surface area (TPSA) is 16.1 Å². The van der Waals surface area contributed by atoms with E-state index >= 15 is 0 Å². The molecule has 2 heterocycles. The number of rotatable bonds is 4. The zero-order valence-corrected chi connectivity index (χ0v) is 13.8. The third-order valence-corrected chi connectivity index (χ3v) is 5.32. The Kier molecular flexibility index (Phi) is 5.34. The first-order valence-corrected chi connectivity index (χ1v) is 8.71. The second-order valence-electron chi connectivity index (χ2n) is 5.52. The van der Waals surface area contributed by atoms with Crippen LogP contribution in [-0.4, -0.2) is 28.2 Å². The Morgan fingerprint density at radius 1 is 1.14 bits per heavy atom. The maximum Gasteiger partial charge on any atom is 0.130 e. The standard InChI is InChI=1S/C17H18ClFN2S/c18-16-2-1-3-17(20-16)22-15-8-10-21(11-9-15)12-13-4-6-14(19)7-5-13/h1-7,15H,8-12H2. The molecule has 0 atom stereocenters. The number of aromatic nitrogens is 1. The fourth-order valence-corrected chi connectivity index (χ4v) is 3.97. The Morgan fingerprint density at radius 2 is 1.86 bits per heavy atom. The van der Waals surface area contributed by atoms with Gasteiger partial charge in [-0.15, -0.1) is 11.8 Å². The maximum absolute atomic E-state index is 12.9. The summed E-state index contributed by atoms with van der Waals surface area (Å²) in [5.41, 5.74) is 1.17. The Balaban J connectivity index is 1.49. The van der Waals surface area contributed by atoms with E-state index in [0.29, 0.717) is 10.4 Å². The summed E-state index contributed by atoms with van der Waals surface area (Å²) < 4.78 is 12.9. The van der Waals surface area contributed by atoms with E-state index in [1.807, 2.05) is 36.0 Å². The first-order chi connectivity index (χ1) is 10.7. The molecule has 0 unspecified atom stereocenters. The van der Waals surface area contributed by atoms with E-state index in [1.165, 1.54) is 17.7 Å². The number of hydrogen-bond acceptors (Lipinski definition) is 3. The van der Waals surface area contributed by atoms with Crippen LogP contribution in [0.1, 0.15) is 18.4 Å². The molecule has 116 valence electrons. The van der Waals surface area contributed by atoms with Crippen molar-refractivity contribution in [3.05, 3.63) is 59.0 Å². The van der Waals surface area contributed by atoms with Crippen LogP contribution in [0.25, 0.3) is 0 Å². The Bertz CT molecular complexity index is 612. The minimum atomic E-state index is -0.173. The summed E-state index contributed by atoms with van der Waals surface area (Å²) in [6, 6.07) is 12.6. The van der Waals surface area contributed by atoms with Gasteiger partial charge in [-0.2, -0.15) is 0 Å². The van der Waals surface area contributed by atoms with Crippen LogP contribution >= 0.6 is 23.4 Å². The first-order valence-electron chi connectivity index (χ1n) is 7.45. The van der Waals surface area contributed by atoms with Crippen molar-refractivity contribution in [1.82, 2.24) is 9.88 Å². The van der Waals surface area contributed by atoms with Crippen molar-refractivity contribution in [2.45, 2.75) is 29.7 Å². The predicted octanol–water partition coefficient (Wildman–Crippen LogP) is 4.63. The molecule has 3 rings (SSSR count). The van der Waals surface area contributed by atoms with Gasteiger partial charge in [0.1, 0.15) is 11.0 Å². The molecule has 1 aromatic carbocycles. The van der Waals surface area contributed by atoms with Gasteiger partial charge >= 0.3 is 0 Å². The Hall–Kier alpha value is -1.10. The molecular formula is C17H18ClFN2S. The van der Waals surface area contributed by atoms with Gasteiger partial charge in [0.05, 0.1) is 5.03 Å². The van der Waals surface area contributed by atoms with Crippen LogP contribution in [0.15, 0.2) is 47.5 Å². The zero-order valence-electron chi connectivity index (χ0n) is 12.2. The van der Waals surface area contributed by atoms with Gasteiger partial charge in [0.25, 0.3) is 0 Å². The van der Waals surface area contributed by atoms with Crippen LogP contribution in [0.2, 0.25) is 5.15 Å². The van der Waals surface area contributed by atoms with Gasteiger partial charge in [0.2, 0.25) is 0 Å². The molecule has 0 N–H and O–H groups in total. The van der Waals surface area contributed by atoms with Crippen LogP contribution in [0.4, 0.5) is 4.39 Å². The van der Waals surface area contributed by atoms with E-state index < -0.39 is 0 Å². The van der Waals surface area contributed by atoms with E-state index in [-0.39, 0.29) is 5.82 Å². The van der Waals surface area contributed by atoms with Gasteiger partial charge in [-0.3, -0.25) is 4.90 Å². The highest BCUT2D eigenvalue weighted by Crippen LogP contribution is 2.30. The van der Waals surface area contributed by atoms with Crippen LogP contribution in [0.3, 0.4) is 0 Å². The highest BCUT2D eigenvalue weighted by Gasteiger charge is 2.20. The molecule has 2 nitrogen and oxygen atoms in total. The van der Waals surface area contributed by atoms with Crippen molar-refractivity contribution >= 4 is 23.4 Å². The van der Waals surface area contributed by atoms with Crippen LogP contribution in [0.5, 0.6) is 0 Å². The molecule has 0 saturated carbocycles. The highest BCUT2D eigenvalue weighted by molar-refractivity contribution is 7.99. The quantitative estimate of drug-likeness (QED) is 0.757. The molecule has 1 fully saturated rings. The summed E-state index contributed by atoms with van der Waals surface area (Å²) in [7, 11) is 0. The van der Waals surface area contributed by atoms with Gasteiger partial charge in [-0.1, -0.05) is 29.8 Å². The minimum Gasteiger partial charge on any atom is -0.299 e. The molecule has 5 heteroatoms. The lowest BCUT2D eigenvalue weighted by molar-refractivity contribution is 0.224. The number of benzene rings is 1. The van der Waals surface area contributed by atoms with E-state index in [1.54, 1.807) is 6.07 Å². The number of nitrogens with zero attached hydrogens (tertiary/aromatic N) is 2. The molecular weight excluding hydrogens is 319 g/mol. The predicted molar refractivity (Wildman–Crippen MR) is 89.8 cm³/mol. The molecule has 1 aliphatic heterocycles. The average Bonchev–Trinajstić information content (AvgIpc) is 2.52. The number of pyridine rings is 1. The second kappa shape index (κ2) is 7.44. The first kappa shape index (κ1) is 15.8. The molecule has 2 aromatic rings. The summed E-state index contributed by atoms with van der Waals surface area (Å²) in [4.78, 5) is 6.77. The lowest BCUT2D eigenvalue weighted by Gasteiger charge is -2.31. The SMILES string of the molecule is Fc1ccc(CN2CCC(Sc3cccc(Cl)n3)CC2)cc1. The molecule has 0 bridgehead atoms. The van der Waals surface area contributed by atoms with Crippen molar-refractivity contribution in [3.8, 4) is 0 Å². The monoisotopic (exact) mass is 336 g/mol. The third kappa shape index (κ3) is 4.45. The molecule has 1 saturated heterocycles. The smallest absolute Gasteiger partial charge is 0.130 e. The normalized spacial score (nSPS) is 16.8. The van der Waals surface area contributed by atoms with Crippen molar-refractivity contribution in [2.75, 3.05) is 13.1 Å². The number of piperidine rings is 1. The van der Waals surface area contributed by atoms with Crippen molar-refractivity contribution < 1.29 is 4.39 Å². The van der Waals surface area contributed by atoms with E-state index in [9.17, 15) is 4.39 Å². The van der Waals surface area contributed by atoms with Gasteiger partial charge in [-0.25, -0.2) is 9.37 Å². The average molecular weight is 337 g/mol. The molecule has 22 heavy (non-hydrogen) atoms. The highest BCUT2D eigenvalue weighted by atomic mass is 35.5.